The van der Waals surface area contributed by atoms with Crippen LogP contribution < -0.4 is 0 Å². The highest BCUT2D eigenvalue weighted by Crippen LogP contribution is 2.38. The Morgan fingerprint density at radius 1 is 0.124 bits per heavy atom. The average molecular weight is 1740 g/mol. The molecule has 0 bridgehead atoms. The predicted octanol–water partition coefficient (Wildman–Crippen LogP) is 39.6. The summed E-state index contributed by atoms with van der Waals surface area (Å²) < 4.78 is 14.6. The summed E-state index contributed by atoms with van der Waals surface area (Å²) >= 11 is 0. The maximum absolute atomic E-state index is 2.44. The van der Waals surface area contributed by atoms with E-state index in [-0.39, 0.29) is 0 Å². The Kier molecular flexibility index (Phi) is 53.1. The molecular weight excluding hydrogens is 1560 g/mol. The highest BCUT2D eigenvalue weighted by molar-refractivity contribution is 6.13. The summed E-state index contributed by atoms with van der Waals surface area (Å²) in [5.41, 5.74) is 24.1. The van der Waals surface area contributed by atoms with Gasteiger partial charge in [0.05, 0.1) is 0 Å². The monoisotopic (exact) mass is 1740 g/mol. The zero-order valence-corrected chi connectivity index (χ0v) is 86.8. The molecule has 0 aliphatic carbocycles. The molecule has 0 aliphatic heterocycles. The molecule has 12 aromatic carbocycles. The number of hydrogen-bond acceptors (Lipinski definition) is 0. The molecule has 0 atom stereocenters. The number of aromatic nitrogens is 6. The van der Waals surface area contributed by atoms with Gasteiger partial charge in [0.1, 0.15) is 0 Å². The number of para-hydroxylation sites is 6. The van der Waals surface area contributed by atoms with Gasteiger partial charge in [0.25, 0.3) is 0 Å². The summed E-state index contributed by atoms with van der Waals surface area (Å²) in [4.78, 5) is 0. The zero-order chi connectivity index (χ0) is 95.3. The third-order valence-corrected chi connectivity index (χ3v) is 20.1. The smallest absolute Gasteiger partial charge is 0.0494 e. The quantitative estimate of drug-likeness (QED) is 0.117. The average Bonchev–Trinajstić information content (AvgIpc) is 1.61. The van der Waals surface area contributed by atoms with Gasteiger partial charge in [0.2, 0.25) is 0 Å². The van der Waals surface area contributed by atoms with Gasteiger partial charge in [0, 0.05) is 170 Å². The second-order valence-electron chi connectivity index (χ2n) is 33.7. The van der Waals surface area contributed by atoms with Crippen molar-refractivity contribution in [3.63, 3.8) is 0 Å². The van der Waals surface area contributed by atoms with Gasteiger partial charge in [-0.3, -0.25) is 0 Å². The molecule has 0 unspecified atom stereocenters. The molecule has 6 heterocycles. The number of benzene rings is 12. The van der Waals surface area contributed by atoms with Crippen LogP contribution in [0.4, 0.5) is 0 Å². The first-order chi connectivity index (χ1) is 62.8. The molecule has 0 amide bonds. The number of hydrogen-bond donors (Lipinski definition) is 0. The number of rotatable bonds is 12. The number of fused-ring (bicyclic) bond motifs is 18. The standard InChI is InChI=1S/3C29H26N2.12C3H8/c1-3-30-27-12-8-6-10-23(27)25-18-20(14-16-28(25)30)17-21-13-15-24-22-9-5-7-11-26(22)31(4-2)29(24)19-21;1-3-30-26-11-7-5-9-22(26)24-18-20(13-15-28(24)30)17-21-14-16-29-25(19-21)23-10-6-8-12-27(23)31(29)4-2;1-3-30-26-11-7-5-9-22(26)24-15-13-20(18-28(24)30)17-21-14-16-25-23-10-6-8-12-27(23)31(4-2)29(25)19-21;12*1-3-2/h3*5-16,18-19H,3-4,17H2,1-2H3;12*3H2,1-2H3. The molecule has 0 spiro atoms. The Bertz CT molecular complexity index is 5830. The van der Waals surface area contributed by atoms with Crippen LogP contribution in [0.2, 0.25) is 0 Å². The lowest BCUT2D eigenvalue weighted by Gasteiger charge is -2.08. The lowest BCUT2D eigenvalue weighted by molar-refractivity contribution is 0.826. The van der Waals surface area contributed by atoms with Gasteiger partial charge in [-0.25, -0.2) is 0 Å². The topological polar surface area (TPSA) is 29.6 Å². The molecule has 696 valence electrons. The summed E-state index contributed by atoms with van der Waals surface area (Å²) in [6, 6.07) is 94.5. The van der Waals surface area contributed by atoms with E-state index in [1.54, 1.807) is 0 Å². The van der Waals surface area contributed by atoms with Crippen molar-refractivity contribution in [2.75, 3.05) is 0 Å². The second-order valence-corrected chi connectivity index (χ2v) is 33.7. The van der Waals surface area contributed by atoms with Crippen molar-refractivity contribution >= 4 is 131 Å². The third kappa shape index (κ3) is 29.7. The lowest BCUT2D eigenvalue weighted by atomic mass is 10.0. The Labute approximate surface area is 784 Å². The van der Waals surface area contributed by atoms with Crippen LogP contribution in [0.5, 0.6) is 0 Å². The van der Waals surface area contributed by atoms with E-state index in [0.717, 1.165) is 58.5 Å². The molecule has 0 radical (unpaired) electrons. The Morgan fingerprint density at radius 2 is 0.248 bits per heavy atom. The second kappa shape index (κ2) is 61.9. The van der Waals surface area contributed by atoms with Crippen molar-refractivity contribution in [3.8, 4) is 0 Å². The van der Waals surface area contributed by atoms with E-state index < -0.39 is 0 Å². The number of nitrogens with zero attached hydrogens (tertiary/aromatic N) is 6. The van der Waals surface area contributed by atoms with E-state index in [9.17, 15) is 0 Å². The van der Waals surface area contributed by atoms with Crippen LogP contribution in [-0.4, -0.2) is 27.4 Å². The van der Waals surface area contributed by atoms with E-state index in [1.165, 1.54) is 241 Å². The van der Waals surface area contributed by atoms with E-state index in [2.05, 4.69) is 490 Å². The number of aryl methyl sites for hydroxylation is 6. The summed E-state index contributed by atoms with van der Waals surface area (Å²) in [6.45, 7) is 70.3. The van der Waals surface area contributed by atoms with Crippen molar-refractivity contribution in [3.05, 3.63) is 288 Å². The van der Waals surface area contributed by atoms with Gasteiger partial charge in [0.15, 0.2) is 0 Å². The van der Waals surface area contributed by atoms with E-state index in [4.69, 9.17) is 0 Å². The van der Waals surface area contributed by atoms with Crippen LogP contribution >= 0.6 is 0 Å². The lowest BCUT2D eigenvalue weighted by Crippen LogP contribution is -1.96. The first kappa shape index (κ1) is 111. The fourth-order valence-corrected chi connectivity index (χ4v) is 16.0. The Hall–Kier alpha value is -10.6. The van der Waals surface area contributed by atoms with Gasteiger partial charge in [-0.05, 0) is 185 Å². The van der Waals surface area contributed by atoms with Crippen molar-refractivity contribution < 1.29 is 0 Å². The van der Waals surface area contributed by atoms with Crippen LogP contribution in [0, 0.1) is 0 Å². The molecule has 6 aromatic heterocycles. The fraction of sp³-hybridized carbons (Fsp3) is 0.415. The minimum atomic E-state index is 0.947. The molecule has 0 saturated heterocycles. The van der Waals surface area contributed by atoms with Gasteiger partial charge in [-0.2, -0.15) is 0 Å². The van der Waals surface area contributed by atoms with Gasteiger partial charge in [-0.1, -0.05) is 407 Å². The molecule has 18 rings (SSSR count). The normalized spacial score (nSPS) is 10.3. The molecule has 0 N–H and O–H groups in total. The van der Waals surface area contributed by atoms with Crippen molar-refractivity contribution in [2.45, 2.75) is 343 Å². The van der Waals surface area contributed by atoms with Crippen LogP contribution in [0.3, 0.4) is 0 Å². The van der Waals surface area contributed by atoms with Crippen LogP contribution in [0.25, 0.3) is 131 Å². The maximum Gasteiger partial charge on any atom is 0.0494 e. The molecule has 0 fully saturated rings. The molecule has 0 saturated carbocycles. The van der Waals surface area contributed by atoms with Crippen molar-refractivity contribution in [1.29, 1.82) is 0 Å². The van der Waals surface area contributed by atoms with Gasteiger partial charge in [-0.15, -0.1) is 0 Å². The zero-order valence-electron chi connectivity index (χ0n) is 86.8. The van der Waals surface area contributed by atoms with Crippen molar-refractivity contribution in [2.24, 2.45) is 0 Å². The van der Waals surface area contributed by atoms with E-state index in [1.807, 2.05) is 0 Å². The summed E-state index contributed by atoms with van der Waals surface area (Å²) in [5.74, 6) is 0. The summed E-state index contributed by atoms with van der Waals surface area (Å²) in [6.07, 6.45) is 17.8. The van der Waals surface area contributed by atoms with Gasteiger partial charge >= 0.3 is 0 Å². The molecule has 0 aliphatic rings. The minimum absolute atomic E-state index is 0.947. The Balaban J connectivity index is 0.000000341. The largest absolute Gasteiger partial charge is 0.341 e. The predicted molar refractivity (Wildman–Crippen MR) is 591 cm³/mol. The van der Waals surface area contributed by atoms with Gasteiger partial charge < -0.3 is 27.4 Å². The first-order valence-corrected chi connectivity index (χ1v) is 50.8. The van der Waals surface area contributed by atoms with E-state index in [0.29, 0.717) is 0 Å². The third-order valence-electron chi connectivity index (χ3n) is 20.1. The molecule has 6 nitrogen and oxygen atoms in total. The fourth-order valence-electron chi connectivity index (χ4n) is 16.0. The van der Waals surface area contributed by atoms with Crippen LogP contribution in [0.1, 0.15) is 318 Å². The SMILES string of the molecule is CCC.CCC.CCC.CCC.CCC.CCC.CCC.CCC.CCC.CCC.CCC.CCC.CCn1c2ccccc2c2cc(Cc3ccc4c(c3)c3ccccc3n4CC)ccc21.CCn1c2ccccc2c2cc(Cc3ccc4c5ccccc5n(CC)c4c3)ccc21.CCn1c2ccccc2c2ccc(Cc3ccc4c5ccccc5n(CC)c4c3)cc21. The van der Waals surface area contributed by atoms with Crippen LogP contribution in [-0.2, 0) is 58.5 Å². The maximum atomic E-state index is 2.44. The minimum Gasteiger partial charge on any atom is -0.341 e. The van der Waals surface area contributed by atoms with E-state index >= 15 is 0 Å². The molecule has 129 heavy (non-hydrogen) atoms. The van der Waals surface area contributed by atoms with Crippen LogP contribution in [0.15, 0.2) is 255 Å². The molecular formula is C123H174N6. The molecule has 6 heteroatoms. The highest BCUT2D eigenvalue weighted by Gasteiger charge is 2.18. The summed E-state index contributed by atoms with van der Waals surface area (Å²) in [5, 5.41) is 16.2. The van der Waals surface area contributed by atoms with Crippen molar-refractivity contribution in [1.82, 2.24) is 27.4 Å². The first-order valence-electron chi connectivity index (χ1n) is 50.8. The highest BCUT2D eigenvalue weighted by atomic mass is 15.0. The Morgan fingerprint density at radius 3 is 0.419 bits per heavy atom. The molecule has 18 aromatic rings. The summed E-state index contributed by atoms with van der Waals surface area (Å²) in [7, 11) is 0.